The molecule has 1 heterocycles. The quantitative estimate of drug-likeness (QED) is 0.893. The number of hydrogen-bond acceptors (Lipinski definition) is 3. The number of aliphatic hydroxyl groups is 1. The lowest BCUT2D eigenvalue weighted by molar-refractivity contribution is -0.143. The summed E-state index contributed by atoms with van der Waals surface area (Å²) >= 11 is 0. The maximum absolute atomic E-state index is 12.7. The van der Waals surface area contributed by atoms with Gasteiger partial charge < -0.3 is 14.7 Å². The average molecular weight is 263 g/mol. The van der Waals surface area contributed by atoms with E-state index in [0.29, 0.717) is 19.8 Å². The first-order valence-corrected chi connectivity index (χ1v) is 6.82. The number of hydrogen-bond donors (Lipinski definition) is 1. The molecule has 0 unspecified atom stereocenters. The number of amides is 1. The molecule has 1 aliphatic rings. The van der Waals surface area contributed by atoms with Crippen LogP contribution in [-0.4, -0.2) is 48.3 Å². The number of rotatable bonds is 4. The summed E-state index contributed by atoms with van der Waals surface area (Å²) in [7, 11) is 0. The van der Waals surface area contributed by atoms with Crippen molar-refractivity contribution in [2.75, 3.05) is 26.4 Å². The van der Waals surface area contributed by atoms with Gasteiger partial charge in [-0.2, -0.15) is 0 Å². The van der Waals surface area contributed by atoms with E-state index in [9.17, 15) is 9.90 Å². The second kappa shape index (κ2) is 6.68. The monoisotopic (exact) mass is 263 g/mol. The number of carbonyl (C=O) groups excluding carboxylic acids is 1. The van der Waals surface area contributed by atoms with E-state index in [0.717, 1.165) is 12.0 Å². The van der Waals surface area contributed by atoms with Gasteiger partial charge in [0.2, 0.25) is 5.91 Å². The molecule has 1 aromatic carbocycles. The second-order valence-corrected chi connectivity index (χ2v) is 4.81. The lowest BCUT2D eigenvalue weighted by atomic mass is 9.94. The molecular weight excluding hydrogens is 242 g/mol. The maximum Gasteiger partial charge on any atom is 0.230 e. The van der Waals surface area contributed by atoms with Crippen LogP contribution in [0.1, 0.15) is 24.8 Å². The summed E-state index contributed by atoms with van der Waals surface area (Å²) < 4.78 is 5.32. The molecule has 0 bridgehead atoms. The summed E-state index contributed by atoms with van der Waals surface area (Å²) in [6, 6.07) is 9.62. The fraction of sp³-hybridized carbons (Fsp3) is 0.533. The first-order valence-electron chi connectivity index (χ1n) is 6.82. The number of ether oxygens (including phenoxy) is 1. The van der Waals surface area contributed by atoms with Crippen molar-refractivity contribution in [1.29, 1.82) is 0 Å². The van der Waals surface area contributed by atoms with Crippen LogP contribution in [0.3, 0.4) is 0 Å². The van der Waals surface area contributed by atoms with E-state index in [1.165, 1.54) is 0 Å². The van der Waals surface area contributed by atoms with Crippen LogP contribution < -0.4 is 0 Å². The molecule has 2 rings (SSSR count). The molecule has 1 fully saturated rings. The molecule has 1 saturated heterocycles. The van der Waals surface area contributed by atoms with Crippen molar-refractivity contribution in [3.8, 4) is 0 Å². The third kappa shape index (κ3) is 3.14. The van der Waals surface area contributed by atoms with Gasteiger partial charge in [-0.05, 0) is 12.0 Å². The lowest BCUT2D eigenvalue weighted by Gasteiger charge is -2.36. The molecular formula is C15H21NO3. The van der Waals surface area contributed by atoms with Gasteiger partial charge in [0.1, 0.15) is 0 Å². The molecule has 19 heavy (non-hydrogen) atoms. The highest BCUT2D eigenvalue weighted by Gasteiger charge is 2.31. The Morgan fingerprint density at radius 2 is 2.21 bits per heavy atom. The molecule has 4 nitrogen and oxygen atoms in total. The Labute approximate surface area is 114 Å². The second-order valence-electron chi connectivity index (χ2n) is 4.81. The summed E-state index contributed by atoms with van der Waals surface area (Å²) in [5.74, 6) is -0.0376. The highest BCUT2D eigenvalue weighted by molar-refractivity contribution is 5.84. The zero-order valence-corrected chi connectivity index (χ0v) is 11.3. The van der Waals surface area contributed by atoms with Gasteiger partial charge in [0.05, 0.1) is 31.8 Å². The molecule has 0 aliphatic carbocycles. The van der Waals surface area contributed by atoms with Gasteiger partial charge in [-0.3, -0.25) is 4.79 Å². The zero-order valence-electron chi connectivity index (χ0n) is 11.3. The summed E-state index contributed by atoms with van der Waals surface area (Å²) in [5.41, 5.74) is 1.04. The Hall–Kier alpha value is -1.39. The van der Waals surface area contributed by atoms with Gasteiger partial charge in [0.15, 0.2) is 0 Å². The largest absolute Gasteiger partial charge is 0.394 e. The van der Waals surface area contributed by atoms with Crippen molar-refractivity contribution in [2.45, 2.75) is 25.3 Å². The highest BCUT2D eigenvalue weighted by Crippen LogP contribution is 2.23. The predicted molar refractivity (Wildman–Crippen MR) is 72.9 cm³/mol. The standard InChI is InChI=1S/C15H21NO3/c1-2-14(12-6-4-3-5-7-12)15(18)16-8-9-19-11-13(16)10-17/h3-7,13-14,17H,2,8-11H2,1H3/t13-,14-/m1/s1. The van der Waals surface area contributed by atoms with Crippen LogP contribution in [0.25, 0.3) is 0 Å². The van der Waals surface area contributed by atoms with Crippen LogP contribution in [0.4, 0.5) is 0 Å². The number of morpholine rings is 1. The van der Waals surface area contributed by atoms with E-state index in [4.69, 9.17) is 4.74 Å². The third-order valence-electron chi connectivity index (χ3n) is 3.63. The first kappa shape index (κ1) is 14.0. The van der Waals surface area contributed by atoms with E-state index < -0.39 is 0 Å². The van der Waals surface area contributed by atoms with Gasteiger partial charge in [-0.15, -0.1) is 0 Å². The van der Waals surface area contributed by atoms with Crippen LogP contribution in [0, 0.1) is 0 Å². The van der Waals surface area contributed by atoms with Crippen LogP contribution in [0.2, 0.25) is 0 Å². The minimum absolute atomic E-state index is 0.0447. The first-order chi connectivity index (χ1) is 9.27. The maximum atomic E-state index is 12.7. The van der Waals surface area contributed by atoms with Crippen molar-refractivity contribution in [3.63, 3.8) is 0 Å². The SMILES string of the molecule is CC[C@@H](C(=O)N1CCOC[C@H]1CO)c1ccccc1. The highest BCUT2D eigenvalue weighted by atomic mass is 16.5. The zero-order chi connectivity index (χ0) is 13.7. The predicted octanol–water partition coefficient (Wildman–Crippen LogP) is 1.40. The molecule has 104 valence electrons. The van der Waals surface area contributed by atoms with Crippen LogP contribution in [0.15, 0.2) is 30.3 Å². The Morgan fingerprint density at radius 3 is 2.84 bits per heavy atom. The van der Waals surface area contributed by atoms with Crippen molar-refractivity contribution in [2.24, 2.45) is 0 Å². The smallest absolute Gasteiger partial charge is 0.230 e. The minimum atomic E-state index is -0.209. The van der Waals surface area contributed by atoms with Gasteiger partial charge >= 0.3 is 0 Å². The van der Waals surface area contributed by atoms with E-state index in [1.54, 1.807) is 4.90 Å². The third-order valence-corrected chi connectivity index (χ3v) is 3.63. The van der Waals surface area contributed by atoms with E-state index in [2.05, 4.69) is 0 Å². The van der Waals surface area contributed by atoms with Crippen LogP contribution >= 0.6 is 0 Å². The van der Waals surface area contributed by atoms with Crippen molar-refractivity contribution >= 4 is 5.91 Å². The number of aliphatic hydroxyl groups excluding tert-OH is 1. The number of nitrogens with zero attached hydrogens (tertiary/aromatic N) is 1. The van der Waals surface area contributed by atoms with Gasteiger partial charge in [0, 0.05) is 6.54 Å². The number of benzene rings is 1. The van der Waals surface area contributed by atoms with Crippen LogP contribution in [0.5, 0.6) is 0 Å². The van der Waals surface area contributed by atoms with Crippen molar-refractivity contribution in [3.05, 3.63) is 35.9 Å². The molecule has 2 atom stereocenters. The summed E-state index contributed by atoms with van der Waals surface area (Å²) in [5, 5.41) is 9.36. The molecule has 0 aromatic heterocycles. The van der Waals surface area contributed by atoms with Crippen molar-refractivity contribution < 1.29 is 14.6 Å². The Bertz CT molecular complexity index is 407. The molecule has 4 heteroatoms. The van der Waals surface area contributed by atoms with Gasteiger partial charge in [-0.25, -0.2) is 0 Å². The van der Waals surface area contributed by atoms with Crippen LogP contribution in [-0.2, 0) is 9.53 Å². The lowest BCUT2D eigenvalue weighted by Crippen LogP contribution is -2.51. The summed E-state index contributed by atoms with van der Waals surface area (Å²) in [6.07, 6.45) is 0.762. The molecule has 1 N–H and O–H groups in total. The summed E-state index contributed by atoms with van der Waals surface area (Å²) in [4.78, 5) is 14.4. The average Bonchev–Trinajstić information content (AvgIpc) is 2.49. The Kier molecular flexibility index (Phi) is 4.93. The fourth-order valence-electron chi connectivity index (χ4n) is 2.53. The Balaban J connectivity index is 2.16. The van der Waals surface area contributed by atoms with Gasteiger partial charge in [0.25, 0.3) is 0 Å². The normalized spacial score (nSPS) is 21.2. The summed E-state index contributed by atoms with van der Waals surface area (Å²) in [6.45, 7) is 3.51. The molecule has 1 amide bonds. The minimum Gasteiger partial charge on any atom is -0.394 e. The van der Waals surface area contributed by atoms with E-state index in [1.807, 2.05) is 37.3 Å². The molecule has 0 radical (unpaired) electrons. The molecule has 0 spiro atoms. The van der Waals surface area contributed by atoms with E-state index >= 15 is 0 Å². The molecule has 1 aliphatic heterocycles. The van der Waals surface area contributed by atoms with Crippen molar-refractivity contribution in [1.82, 2.24) is 4.90 Å². The van der Waals surface area contributed by atoms with Gasteiger partial charge in [-0.1, -0.05) is 37.3 Å². The molecule has 1 aromatic rings. The fourth-order valence-corrected chi connectivity index (χ4v) is 2.53. The number of carbonyl (C=O) groups is 1. The molecule has 0 saturated carbocycles. The topological polar surface area (TPSA) is 49.8 Å². The van der Waals surface area contributed by atoms with E-state index in [-0.39, 0.29) is 24.5 Å². The Morgan fingerprint density at radius 1 is 1.47 bits per heavy atom.